The molecular formula is C6H7NS2. The fourth-order valence-corrected chi connectivity index (χ4v) is 1.87. The van der Waals surface area contributed by atoms with E-state index in [2.05, 4.69) is 17.6 Å². The zero-order valence-electron chi connectivity index (χ0n) is 4.87. The van der Waals surface area contributed by atoms with Crippen LogP contribution in [-0.2, 0) is 0 Å². The Morgan fingerprint density at radius 3 is 2.89 bits per heavy atom. The number of aromatic nitrogens is 1. The molecule has 1 aromatic heterocycles. The zero-order valence-corrected chi connectivity index (χ0v) is 6.58. The van der Waals surface area contributed by atoms with Gasteiger partial charge in [0.15, 0.2) is 0 Å². The molecule has 0 aromatic carbocycles. The first-order valence-corrected chi connectivity index (χ1v) is 4.33. The molecule has 48 valence electrons. The van der Waals surface area contributed by atoms with E-state index in [-0.39, 0.29) is 0 Å². The standard InChI is InChI=1S/C6H7NS2/c8-6-5(4-1-2-4)7-3-9-6/h3-4,8H,1-2H2. The highest BCUT2D eigenvalue weighted by Crippen LogP contribution is 2.42. The zero-order chi connectivity index (χ0) is 6.27. The van der Waals surface area contributed by atoms with Gasteiger partial charge in [-0.3, -0.25) is 0 Å². The topological polar surface area (TPSA) is 12.9 Å². The van der Waals surface area contributed by atoms with Gasteiger partial charge in [0.25, 0.3) is 0 Å². The molecule has 1 aliphatic carbocycles. The van der Waals surface area contributed by atoms with Crippen LogP contribution < -0.4 is 0 Å². The van der Waals surface area contributed by atoms with Gasteiger partial charge in [0.2, 0.25) is 0 Å². The summed E-state index contributed by atoms with van der Waals surface area (Å²) < 4.78 is 1.11. The van der Waals surface area contributed by atoms with Gasteiger partial charge in [0.1, 0.15) is 0 Å². The molecule has 1 heterocycles. The quantitative estimate of drug-likeness (QED) is 0.617. The third-order valence-corrected chi connectivity index (χ3v) is 2.73. The van der Waals surface area contributed by atoms with Crippen molar-refractivity contribution < 1.29 is 0 Å². The first kappa shape index (κ1) is 5.74. The molecule has 1 aromatic rings. The minimum atomic E-state index is 0.753. The Balaban J connectivity index is 2.35. The Hall–Kier alpha value is -0.0200. The smallest absolute Gasteiger partial charge is 0.0806 e. The van der Waals surface area contributed by atoms with Gasteiger partial charge in [-0.1, -0.05) is 0 Å². The summed E-state index contributed by atoms with van der Waals surface area (Å²) in [6.07, 6.45) is 2.63. The Kier molecular flexibility index (Phi) is 1.27. The van der Waals surface area contributed by atoms with Crippen LogP contribution in [-0.4, -0.2) is 4.98 Å². The minimum absolute atomic E-state index is 0.753. The fraction of sp³-hybridized carbons (Fsp3) is 0.500. The molecule has 0 N–H and O–H groups in total. The largest absolute Gasteiger partial charge is 0.248 e. The highest BCUT2D eigenvalue weighted by atomic mass is 32.2. The predicted octanol–water partition coefficient (Wildman–Crippen LogP) is 2.31. The number of thiazole rings is 1. The summed E-state index contributed by atoms with van der Waals surface area (Å²) in [6.45, 7) is 0. The maximum absolute atomic E-state index is 4.28. The van der Waals surface area contributed by atoms with E-state index < -0.39 is 0 Å². The van der Waals surface area contributed by atoms with Gasteiger partial charge in [0, 0.05) is 5.92 Å². The van der Waals surface area contributed by atoms with Gasteiger partial charge in [-0.15, -0.1) is 24.0 Å². The Labute approximate surface area is 63.5 Å². The molecule has 0 radical (unpaired) electrons. The van der Waals surface area contributed by atoms with Crippen LogP contribution in [0.1, 0.15) is 24.5 Å². The van der Waals surface area contributed by atoms with Crippen LogP contribution in [0.2, 0.25) is 0 Å². The number of hydrogen-bond acceptors (Lipinski definition) is 3. The van der Waals surface area contributed by atoms with Crippen LogP contribution >= 0.6 is 24.0 Å². The van der Waals surface area contributed by atoms with Crippen LogP contribution in [0.5, 0.6) is 0 Å². The van der Waals surface area contributed by atoms with Crippen molar-refractivity contribution in [2.45, 2.75) is 23.0 Å². The van der Waals surface area contributed by atoms with E-state index >= 15 is 0 Å². The molecule has 1 saturated carbocycles. The van der Waals surface area contributed by atoms with E-state index in [9.17, 15) is 0 Å². The molecule has 0 unspecified atom stereocenters. The fourth-order valence-electron chi connectivity index (χ4n) is 0.885. The SMILES string of the molecule is Sc1scnc1C1CC1. The van der Waals surface area contributed by atoms with Gasteiger partial charge >= 0.3 is 0 Å². The predicted molar refractivity (Wildman–Crippen MR) is 41.3 cm³/mol. The molecule has 0 bridgehead atoms. The van der Waals surface area contributed by atoms with E-state index in [1.807, 2.05) is 5.51 Å². The van der Waals surface area contributed by atoms with Crippen LogP contribution in [0.15, 0.2) is 9.72 Å². The summed E-state index contributed by atoms with van der Waals surface area (Å²) in [5, 5.41) is 0. The highest BCUT2D eigenvalue weighted by molar-refractivity contribution is 7.82. The average Bonchev–Trinajstić information content (AvgIpc) is 2.58. The Morgan fingerprint density at radius 1 is 1.67 bits per heavy atom. The van der Waals surface area contributed by atoms with Crippen LogP contribution in [0.25, 0.3) is 0 Å². The monoisotopic (exact) mass is 157 g/mol. The Bertz CT molecular complexity index is 215. The molecular weight excluding hydrogens is 150 g/mol. The summed E-state index contributed by atoms with van der Waals surface area (Å²) in [5.74, 6) is 0.753. The third kappa shape index (κ3) is 0.990. The molecule has 3 heteroatoms. The molecule has 2 rings (SSSR count). The number of thiol groups is 1. The number of nitrogens with zero attached hydrogens (tertiary/aromatic N) is 1. The van der Waals surface area contributed by atoms with Crippen molar-refractivity contribution in [3.05, 3.63) is 11.2 Å². The van der Waals surface area contributed by atoms with Crippen molar-refractivity contribution in [3.63, 3.8) is 0 Å². The molecule has 0 amide bonds. The first-order chi connectivity index (χ1) is 4.38. The number of rotatable bonds is 1. The summed E-state index contributed by atoms with van der Waals surface area (Å²) in [4.78, 5) is 4.22. The van der Waals surface area contributed by atoms with E-state index in [0.717, 1.165) is 10.1 Å². The van der Waals surface area contributed by atoms with Crippen molar-refractivity contribution in [2.24, 2.45) is 0 Å². The van der Waals surface area contributed by atoms with E-state index in [4.69, 9.17) is 0 Å². The normalized spacial score (nSPS) is 18.3. The van der Waals surface area contributed by atoms with Crippen LogP contribution in [0.3, 0.4) is 0 Å². The second-order valence-corrected chi connectivity index (χ2v) is 3.92. The maximum Gasteiger partial charge on any atom is 0.0806 e. The summed E-state index contributed by atoms with van der Waals surface area (Å²) in [7, 11) is 0. The van der Waals surface area contributed by atoms with Gasteiger partial charge < -0.3 is 0 Å². The second-order valence-electron chi connectivity index (χ2n) is 2.32. The lowest BCUT2D eigenvalue weighted by atomic mass is 10.3. The molecule has 0 atom stereocenters. The summed E-state index contributed by atoms with van der Waals surface area (Å²) in [6, 6.07) is 0. The van der Waals surface area contributed by atoms with E-state index in [1.54, 1.807) is 11.3 Å². The van der Waals surface area contributed by atoms with Crippen molar-refractivity contribution >= 4 is 24.0 Å². The third-order valence-electron chi connectivity index (χ3n) is 1.54. The Morgan fingerprint density at radius 2 is 2.44 bits per heavy atom. The van der Waals surface area contributed by atoms with Gasteiger partial charge in [-0.25, -0.2) is 4.98 Å². The van der Waals surface area contributed by atoms with E-state index in [1.165, 1.54) is 18.5 Å². The molecule has 0 spiro atoms. The van der Waals surface area contributed by atoms with Gasteiger partial charge in [-0.2, -0.15) is 0 Å². The molecule has 1 nitrogen and oxygen atoms in total. The van der Waals surface area contributed by atoms with Crippen LogP contribution in [0, 0.1) is 0 Å². The van der Waals surface area contributed by atoms with Crippen molar-refractivity contribution in [1.82, 2.24) is 4.98 Å². The van der Waals surface area contributed by atoms with E-state index in [0.29, 0.717) is 0 Å². The lowest BCUT2D eigenvalue weighted by Gasteiger charge is -1.87. The maximum atomic E-state index is 4.28. The summed E-state index contributed by atoms with van der Waals surface area (Å²) in [5.41, 5.74) is 3.10. The van der Waals surface area contributed by atoms with Gasteiger partial charge in [-0.05, 0) is 12.8 Å². The van der Waals surface area contributed by atoms with Gasteiger partial charge in [0.05, 0.1) is 15.4 Å². The average molecular weight is 157 g/mol. The highest BCUT2D eigenvalue weighted by Gasteiger charge is 2.27. The molecule has 0 aliphatic heterocycles. The molecule has 1 fully saturated rings. The second kappa shape index (κ2) is 1.99. The lowest BCUT2D eigenvalue weighted by molar-refractivity contribution is 1.01. The molecule has 0 saturated heterocycles. The number of hydrogen-bond donors (Lipinski definition) is 1. The lowest BCUT2D eigenvalue weighted by Crippen LogP contribution is -1.76. The summed E-state index contributed by atoms with van der Waals surface area (Å²) >= 11 is 5.91. The minimum Gasteiger partial charge on any atom is -0.248 e. The van der Waals surface area contributed by atoms with Crippen molar-refractivity contribution in [3.8, 4) is 0 Å². The van der Waals surface area contributed by atoms with Crippen molar-refractivity contribution in [2.75, 3.05) is 0 Å². The molecule has 1 aliphatic rings. The van der Waals surface area contributed by atoms with Crippen molar-refractivity contribution in [1.29, 1.82) is 0 Å². The molecule has 9 heavy (non-hydrogen) atoms. The first-order valence-electron chi connectivity index (χ1n) is 3.00. The van der Waals surface area contributed by atoms with Crippen LogP contribution in [0.4, 0.5) is 0 Å².